The van der Waals surface area contributed by atoms with E-state index in [0.29, 0.717) is 23.7 Å². The molecule has 0 bridgehead atoms. The van der Waals surface area contributed by atoms with Gasteiger partial charge in [0, 0.05) is 23.9 Å². The first-order chi connectivity index (χ1) is 11.6. The molecule has 3 N–H and O–H groups in total. The molecule has 0 aliphatic rings. The summed E-state index contributed by atoms with van der Waals surface area (Å²) in [5.41, 5.74) is 10.4. The lowest BCUT2D eigenvalue weighted by Gasteiger charge is -2.10. The molecule has 2 aromatic carbocycles. The minimum atomic E-state index is -0.0738. The van der Waals surface area contributed by atoms with Gasteiger partial charge in [-0.1, -0.05) is 48.0 Å². The van der Waals surface area contributed by atoms with Crippen LogP contribution in [0, 0.1) is 6.92 Å². The molecule has 3 rings (SSSR count). The van der Waals surface area contributed by atoms with Gasteiger partial charge in [-0.15, -0.1) is 11.3 Å². The van der Waals surface area contributed by atoms with Crippen LogP contribution in [0.15, 0.2) is 53.9 Å². The monoisotopic (exact) mass is 337 g/mol. The van der Waals surface area contributed by atoms with Crippen molar-refractivity contribution in [1.29, 1.82) is 0 Å². The molecule has 0 atom stereocenters. The number of aromatic nitrogens is 1. The van der Waals surface area contributed by atoms with Crippen LogP contribution in [0.4, 0.5) is 5.13 Å². The van der Waals surface area contributed by atoms with E-state index < -0.39 is 0 Å². The van der Waals surface area contributed by atoms with Gasteiger partial charge in [0.2, 0.25) is 0 Å². The number of nitrogens with one attached hydrogen (secondary N) is 1. The summed E-state index contributed by atoms with van der Waals surface area (Å²) in [5, 5.41) is 5.44. The number of aryl methyl sites for hydroxylation is 1. The van der Waals surface area contributed by atoms with Crippen LogP contribution >= 0.6 is 11.3 Å². The van der Waals surface area contributed by atoms with Crippen molar-refractivity contribution >= 4 is 22.4 Å². The molecule has 1 heterocycles. The average Bonchev–Trinajstić information content (AvgIpc) is 3.00. The number of nitrogens with two attached hydrogens (primary N) is 1. The summed E-state index contributed by atoms with van der Waals surface area (Å²) in [4.78, 5) is 16.8. The highest BCUT2D eigenvalue weighted by molar-refractivity contribution is 7.13. The second-order valence-electron chi connectivity index (χ2n) is 5.60. The van der Waals surface area contributed by atoms with Crippen LogP contribution in [0.3, 0.4) is 0 Å². The average molecular weight is 337 g/mol. The lowest BCUT2D eigenvalue weighted by atomic mass is 9.98. The minimum absolute atomic E-state index is 0.0738. The van der Waals surface area contributed by atoms with Gasteiger partial charge in [0.15, 0.2) is 5.13 Å². The van der Waals surface area contributed by atoms with Gasteiger partial charge in [-0.3, -0.25) is 4.79 Å². The summed E-state index contributed by atoms with van der Waals surface area (Å²) in [6.07, 6.45) is 0.673. The van der Waals surface area contributed by atoms with Crippen LogP contribution in [-0.4, -0.2) is 17.4 Å². The largest absolute Gasteiger partial charge is 0.375 e. The van der Waals surface area contributed by atoms with Crippen molar-refractivity contribution in [3.63, 3.8) is 0 Å². The van der Waals surface area contributed by atoms with E-state index in [2.05, 4.69) is 16.4 Å². The van der Waals surface area contributed by atoms with Gasteiger partial charge in [0.25, 0.3) is 5.91 Å². The highest BCUT2D eigenvalue weighted by Gasteiger charge is 2.12. The Balaban J connectivity index is 1.73. The highest BCUT2D eigenvalue weighted by Crippen LogP contribution is 2.24. The molecule has 1 aromatic heterocycles. The minimum Gasteiger partial charge on any atom is -0.375 e. The van der Waals surface area contributed by atoms with Crippen molar-refractivity contribution in [3.05, 3.63) is 70.7 Å². The number of nitrogens with zero attached hydrogens (tertiary/aromatic N) is 1. The fourth-order valence-corrected chi connectivity index (χ4v) is 3.18. The number of carbonyl (C=O) groups excluding carboxylic acids is 1. The Bertz CT molecular complexity index is 857. The quantitative estimate of drug-likeness (QED) is 0.746. The SMILES string of the molecule is Cc1cccc(-c2ccccc2C(=O)NCCc2csc(N)n2)c1. The van der Waals surface area contributed by atoms with E-state index in [-0.39, 0.29) is 5.91 Å². The maximum atomic E-state index is 12.6. The molecule has 4 nitrogen and oxygen atoms in total. The van der Waals surface area contributed by atoms with Gasteiger partial charge in [-0.25, -0.2) is 4.98 Å². The Labute approximate surface area is 145 Å². The maximum Gasteiger partial charge on any atom is 0.251 e. The molecule has 0 saturated heterocycles. The zero-order valence-corrected chi connectivity index (χ0v) is 14.3. The van der Waals surface area contributed by atoms with Crippen LogP contribution in [0.1, 0.15) is 21.6 Å². The molecule has 24 heavy (non-hydrogen) atoms. The third-order valence-electron chi connectivity index (χ3n) is 3.74. The van der Waals surface area contributed by atoms with E-state index in [1.807, 2.05) is 54.8 Å². The normalized spacial score (nSPS) is 10.5. The molecule has 0 radical (unpaired) electrons. The van der Waals surface area contributed by atoms with Crippen molar-refractivity contribution < 1.29 is 4.79 Å². The first-order valence-electron chi connectivity index (χ1n) is 7.77. The summed E-state index contributed by atoms with van der Waals surface area (Å²) >= 11 is 1.41. The van der Waals surface area contributed by atoms with Crippen molar-refractivity contribution in [2.24, 2.45) is 0 Å². The Kier molecular flexibility index (Phi) is 4.91. The Morgan fingerprint density at radius 2 is 2.04 bits per heavy atom. The van der Waals surface area contributed by atoms with E-state index in [0.717, 1.165) is 16.8 Å². The van der Waals surface area contributed by atoms with Gasteiger partial charge >= 0.3 is 0 Å². The zero-order chi connectivity index (χ0) is 16.9. The summed E-state index contributed by atoms with van der Waals surface area (Å²) in [6.45, 7) is 2.58. The number of carbonyl (C=O) groups is 1. The Hall–Kier alpha value is -2.66. The Morgan fingerprint density at radius 3 is 2.79 bits per heavy atom. The van der Waals surface area contributed by atoms with E-state index in [4.69, 9.17) is 5.73 Å². The highest BCUT2D eigenvalue weighted by atomic mass is 32.1. The van der Waals surface area contributed by atoms with Gasteiger partial charge < -0.3 is 11.1 Å². The summed E-state index contributed by atoms with van der Waals surface area (Å²) in [7, 11) is 0. The number of anilines is 1. The molecule has 5 heteroatoms. The lowest BCUT2D eigenvalue weighted by molar-refractivity contribution is 0.0954. The number of nitrogen functional groups attached to an aromatic ring is 1. The van der Waals surface area contributed by atoms with Crippen LogP contribution in [-0.2, 0) is 6.42 Å². The number of rotatable bonds is 5. The van der Waals surface area contributed by atoms with Gasteiger partial charge in [0.1, 0.15) is 0 Å². The second-order valence-corrected chi connectivity index (χ2v) is 6.49. The Morgan fingerprint density at radius 1 is 1.21 bits per heavy atom. The summed E-state index contributed by atoms with van der Waals surface area (Å²) < 4.78 is 0. The molecule has 3 aromatic rings. The molecule has 0 spiro atoms. The molecule has 0 aliphatic heterocycles. The van der Waals surface area contributed by atoms with E-state index in [9.17, 15) is 4.79 Å². The standard InChI is InChI=1S/C19H19N3OS/c1-13-5-4-6-14(11-13)16-7-2-3-8-17(16)18(23)21-10-9-15-12-24-19(20)22-15/h2-8,11-12H,9-10H2,1H3,(H2,20,22)(H,21,23). The van der Waals surface area contributed by atoms with Gasteiger partial charge in [0.05, 0.1) is 5.69 Å². The predicted octanol–water partition coefficient (Wildman–Crippen LogP) is 3.67. The van der Waals surface area contributed by atoms with Gasteiger partial charge in [-0.2, -0.15) is 0 Å². The van der Waals surface area contributed by atoms with E-state index in [1.165, 1.54) is 16.9 Å². The third kappa shape index (κ3) is 3.81. The second kappa shape index (κ2) is 7.27. The van der Waals surface area contributed by atoms with Crippen molar-refractivity contribution in [2.75, 3.05) is 12.3 Å². The molecule has 122 valence electrons. The predicted molar refractivity (Wildman–Crippen MR) is 99.2 cm³/mol. The molecule has 0 saturated carbocycles. The molecule has 0 aliphatic carbocycles. The summed E-state index contributed by atoms with van der Waals surface area (Å²) in [6, 6.07) is 15.8. The number of hydrogen-bond donors (Lipinski definition) is 2. The number of benzene rings is 2. The molecular formula is C19H19N3OS. The molecular weight excluding hydrogens is 318 g/mol. The fourth-order valence-electron chi connectivity index (χ4n) is 2.58. The fraction of sp³-hybridized carbons (Fsp3) is 0.158. The molecule has 0 fully saturated rings. The van der Waals surface area contributed by atoms with Crippen molar-refractivity contribution in [2.45, 2.75) is 13.3 Å². The number of amides is 1. The number of thiazole rings is 1. The van der Waals surface area contributed by atoms with Crippen LogP contribution in [0.5, 0.6) is 0 Å². The molecule has 0 unspecified atom stereocenters. The van der Waals surface area contributed by atoms with E-state index >= 15 is 0 Å². The summed E-state index contributed by atoms with van der Waals surface area (Å²) in [5.74, 6) is -0.0738. The third-order valence-corrected chi connectivity index (χ3v) is 4.46. The van der Waals surface area contributed by atoms with Crippen molar-refractivity contribution in [3.8, 4) is 11.1 Å². The van der Waals surface area contributed by atoms with Crippen LogP contribution in [0.25, 0.3) is 11.1 Å². The van der Waals surface area contributed by atoms with Crippen LogP contribution in [0.2, 0.25) is 0 Å². The topological polar surface area (TPSA) is 68.0 Å². The maximum absolute atomic E-state index is 12.6. The zero-order valence-electron chi connectivity index (χ0n) is 13.5. The van der Waals surface area contributed by atoms with Crippen molar-refractivity contribution in [1.82, 2.24) is 10.3 Å². The number of hydrogen-bond acceptors (Lipinski definition) is 4. The van der Waals surface area contributed by atoms with Crippen LogP contribution < -0.4 is 11.1 Å². The first kappa shape index (κ1) is 16.2. The molecule has 1 amide bonds. The van der Waals surface area contributed by atoms with E-state index in [1.54, 1.807) is 0 Å². The first-order valence-corrected chi connectivity index (χ1v) is 8.65. The van der Waals surface area contributed by atoms with Gasteiger partial charge in [-0.05, 0) is 24.1 Å². The lowest BCUT2D eigenvalue weighted by Crippen LogP contribution is -2.26. The smallest absolute Gasteiger partial charge is 0.251 e.